The Balaban J connectivity index is 1.87. The molecular formula is C13H19N3O3S. The number of amides is 1. The smallest absolute Gasteiger partial charge is 0.235 e. The van der Waals surface area contributed by atoms with Gasteiger partial charge in [0.15, 0.2) is 0 Å². The van der Waals surface area contributed by atoms with Crippen molar-refractivity contribution in [2.45, 2.75) is 31.2 Å². The lowest BCUT2D eigenvalue weighted by molar-refractivity contribution is -0.120. The van der Waals surface area contributed by atoms with Crippen LogP contribution in [0.2, 0.25) is 0 Å². The first kappa shape index (κ1) is 15.0. The normalized spacial score (nSPS) is 15.1. The van der Waals surface area contributed by atoms with Gasteiger partial charge in [-0.15, -0.1) is 0 Å². The second-order valence-electron chi connectivity index (χ2n) is 4.95. The highest BCUT2D eigenvalue weighted by atomic mass is 32.2. The zero-order chi connectivity index (χ0) is 14.6. The minimum absolute atomic E-state index is 0.155. The molecule has 1 aliphatic rings. The fraction of sp³-hybridized carbons (Fsp3) is 0.462. The van der Waals surface area contributed by atoms with Crippen LogP contribution < -0.4 is 15.8 Å². The van der Waals surface area contributed by atoms with Gasteiger partial charge in [-0.25, -0.2) is 13.1 Å². The van der Waals surface area contributed by atoms with Crippen LogP contribution in [0.4, 0.5) is 0 Å². The maximum absolute atomic E-state index is 11.9. The summed E-state index contributed by atoms with van der Waals surface area (Å²) in [5.41, 5.74) is 7.05. The van der Waals surface area contributed by atoms with E-state index in [4.69, 9.17) is 5.73 Å². The molecule has 7 heteroatoms. The van der Waals surface area contributed by atoms with Crippen LogP contribution in [0.1, 0.15) is 24.0 Å². The first-order chi connectivity index (χ1) is 9.48. The van der Waals surface area contributed by atoms with E-state index in [0.29, 0.717) is 12.1 Å². The van der Waals surface area contributed by atoms with Gasteiger partial charge in [0.05, 0.1) is 12.3 Å². The number of carbonyl (C=O) groups excluding carboxylic acids is 1. The third-order valence-electron chi connectivity index (χ3n) is 2.98. The molecule has 2 rings (SSSR count). The predicted octanol–water partition coefficient (Wildman–Crippen LogP) is -0.157. The highest BCUT2D eigenvalue weighted by Crippen LogP contribution is 2.18. The predicted molar refractivity (Wildman–Crippen MR) is 76.1 cm³/mol. The minimum Gasteiger partial charge on any atom is -0.352 e. The SMILES string of the molecule is NCc1cccc(CS(=O)(=O)NCC(=O)NC2CC2)c1. The van der Waals surface area contributed by atoms with E-state index in [9.17, 15) is 13.2 Å². The molecule has 0 spiro atoms. The summed E-state index contributed by atoms with van der Waals surface area (Å²) in [5, 5.41) is 2.73. The molecule has 1 saturated carbocycles. The number of nitrogens with two attached hydrogens (primary N) is 1. The van der Waals surface area contributed by atoms with E-state index in [1.54, 1.807) is 18.2 Å². The van der Waals surface area contributed by atoms with E-state index < -0.39 is 10.0 Å². The zero-order valence-electron chi connectivity index (χ0n) is 11.1. The number of hydrogen-bond donors (Lipinski definition) is 3. The van der Waals surface area contributed by atoms with Crippen LogP contribution in [0, 0.1) is 0 Å². The fourth-order valence-electron chi connectivity index (χ4n) is 1.80. The van der Waals surface area contributed by atoms with E-state index in [0.717, 1.165) is 18.4 Å². The van der Waals surface area contributed by atoms with Gasteiger partial charge in [0, 0.05) is 12.6 Å². The van der Waals surface area contributed by atoms with E-state index in [-0.39, 0.29) is 24.2 Å². The highest BCUT2D eigenvalue weighted by molar-refractivity contribution is 7.88. The van der Waals surface area contributed by atoms with Crippen molar-refractivity contribution >= 4 is 15.9 Å². The summed E-state index contributed by atoms with van der Waals surface area (Å²) in [4.78, 5) is 11.4. The summed E-state index contributed by atoms with van der Waals surface area (Å²) in [5.74, 6) is -0.441. The summed E-state index contributed by atoms with van der Waals surface area (Å²) in [6.07, 6.45) is 1.95. The van der Waals surface area contributed by atoms with Crippen LogP contribution in [0.5, 0.6) is 0 Å². The molecule has 110 valence electrons. The first-order valence-electron chi connectivity index (χ1n) is 6.53. The lowest BCUT2D eigenvalue weighted by Crippen LogP contribution is -2.38. The van der Waals surface area contributed by atoms with Crippen molar-refractivity contribution in [2.75, 3.05) is 6.54 Å². The molecule has 4 N–H and O–H groups in total. The molecule has 1 aliphatic carbocycles. The Morgan fingerprint density at radius 3 is 2.65 bits per heavy atom. The molecule has 0 bridgehead atoms. The van der Waals surface area contributed by atoms with Crippen molar-refractivity contribution in [3.63, 3.8) is 0 Å². The Hall–Kier alpha value is -1.44. The minimum atomic E-state index is -3.52. The molecule has 6 nitrogen and oxygen atoms in total. The van der Waals surface area contributed by atoms with Crippen molar-refractivity contribution in [2.24, 2.45) is 5.73 Å². The molecule has 1 aromatic carbocycles. The highest BCUT2D eigenvalue weighted by Gasteiger charge is 2.23. The third-order valence-corrected chi connectivity index (χ3v) is 4.28. The molecular weight excluding hydrogens is 278 g/mol. The Kier molecular flexibility index (Phi) is 4.74. The Bertz CT molecular complexity index is 582. The summed E-state index contributed by atoms with van der Waals surface area (Å²) < 4.78 is 26.1. The van der Waals surface area contributed by atoms with Gasteiger partial charge in [-0.05, 0) is 24.0 Å². The van der Waals surface area contributed by atoms with Crippen LogP contribution in [-0.2, 0) is 27.1 Å². The molecule has 0 aromatic heterocycles. The van der Waals surface area contributed by atoms with Gasteiger partial charge in [-0.3, -0.25) is 4.79 Å². The second kappa shape index (κ2) is 6.34. The number of hydrogen-bond acceptors (Lipinski definition) is 4. The average molecular weight is 297 g/mol. The molecule has 20 heavy (non-hydrogen) atoms. The first-order valence-corrected chi connectivity index (χ1v) is 8.18. The Morgan fingerprint density at radius 2 is 2.00 bits per heavy atom. The second-order valence-corrected chi connectivity index (χ2v) is 6.75. The molecule has 0 unspecified atom stereocenters. The molecule has 0 saturated heterocycles. The monoisotopic (exact) mass is 297 g/mol. The van der Waals surface area contributed by atoms with Crippen molar-refractivity contribution < 1.29 is 13.2 Å². The number of carbonyl (C=O) groups is 1. The van der Waals surface area contributed by atoms with Crippen molar-refractivity contribution in [3.8, 4) is 0 Å². The van der Waals surface area contributed by atoms with Gasteiger partial charge in [-0.1, -0.05) is 24.3 Å². The molecule has 0 heterocycles. The van der Waals surface area contributed by atoms with Crippen LogP contribution in [0.3, 0.4) is 0 Å². The van der Waals surface area contributed by atoms with E-state index in [2.05, 4.69) is 10.0 Å². The van der Waals surface area contributed by atoms with E-state index in [1.807, 2.05) is 6.07 Å². The summed E-state index contributed by atoms with van der Waals surface area (Å²) in [7, 11) is -3.52. The van der Waals surface area contributed by atoms with Gasteiger partial charge < -0.3 is 11.1 Å². The molecule has 1 fully saturated rings. The summed E-state index contributed by atoms with van der Waals surface area (Å²) >= 11 is 0. The standard InChI is InChI=1S/C13H19N3O3S/c14-7-10-2-1-3-11(6-10)9-20(18,19)15-8-13(17)16-12-4-5-12/h1-3,6,12,15H,4-5,7-9,14H2,(H,16,17). The Morgan fingerprint density at radius 1 is 1.30 bits per heavy atom. The van der Waals surface area contributed by atoms with Gasteiger partial charge in [0.1, 0.15) is 0 Å². The van der Waals surface area contributed by atoms with Gasteiger partial charge in [0.25, 0.3) is 0 Å². The largest absolute Gasteiger partial charge is 0.352 e. The lowest BCUT2D eigenvalue weighted by atomic mass is 10.1. The molecule has 1 aromatic rings. The summed E-state index contributed by atoms with van der Waals surface area (Å²) in [6, 6.07) is 7.32. The number of benzene rings is 1. The van der Waals surface area contributed by atoms with E-state index in [1.165, 1.54) is 0 Å². The van der Waals surface area contributed by atoms with Crippen molar-refractivity contribution in [1.82, 2.24) is 10.0 Å². The Labute approximate surface area is 118 Å². The van der Waals surface area contributed by atoms with E-state index >= 15 is 0 Å². The maximum Gasteiger partial charge on any atom is 0.235 e. The zero-order valence-corrected chi connectivity index (χ0v) is 11.9. The summed E-state index contributed by atoms with van der Waals surface area (Å²) in [6.45, 7) is 0.153. The maximum atomic E-state index is 11.9. The van der Waals surface area contributed by atoms with Crippen molar-refractivity contribution in [1.29, 1.82) is 0 Å². The average Bonchev–Trinajstić information content (AvgIpc) is 3.20. The number of sulfonamides is 1. The van der Waals surface area contributed by atoms with Crippen LogP contribution >= 0.6 is 0 Å². The third kappa shape index (κ3) is 4.92. The lowest BCUT2D eigenvalue weighted by Gasteiger charge is -2.08. The molecule has 0 atom stereocenters. The van der Waals surface area contributed by atoms with Gasteiger partial charge in [0.2, 0.25) is 15.9 Å². The molecule has 0 radical (unpaired) electrons. The number of rotatable bonds is 7. The molecule has 1 amide bonds. The quantitative estimate of drug-likeness (QED) is 0.651. The number of nitrogens with one attached hydrogen (secondary N) is 2. The van der Waals surface area contributed by atoms with Gasteiger partial charge in [-0.2, -0.15) is 0 Å². The van der Waals surface area contributed by atoms with Crippen LogP contribution in [0.15, 0.2) is 24.3 Å². The fourth-order valence-corrected chi connectivity index (χ4v) is 2.87. The molecule has 0 aliphatic heterocycles. The van der Waals surface area contributed by atoms with Gasteiger partial charge >= 0.3 is 0 Å². The topological polar surface area (TPSA) is 101 Å². The van der Waals surface area contributed by atoms with Crippen molar-refractivity contribution in [3.05, 3.63) is 35.4 Å². The van der Waals surface area contributed by atoms with Crippen LogP contribution in [0.25, 0.3) is 0 Å². The van der Waals surface area contributed by atoms with Crippen LogP contribution in [-0.4, -0.2) is 26.9 Å².